The number of fused-ring (bicyclic) bond motifs is 1. The summed E-state index contributed by atoms with van der Waals surface area (Å²) in [6.07, 6.45) is -1.23. The van der Waals surface area contributed by atoms with Crippen LogP contribution < -0.4 is 0 Å². The van der Waals surface area contributed by atoms with Crippen LogP contribution in [0, 0.1) is 6.92 Å². The normalized spacial score (nSPS) is 11.2. The Morgan fingerprint density at radius 1 is 1.50 bits per heavy atom. The molecule has 2 aromatic rings. The van der Waals surface area contributed by atoms with Gasteiger partial charge in [0.2, 0.25) is 0 Å². The minimum atomic E-state index is -2.82. The maximum atomic E-state index is 12.9. The molecule has 0 unspecified atom stereocenters. The lowest BCUT2D eigenvalue weighted by molar-refractivity contribution is 0.0506. The van der Waals surface area contributed by atoms with Gasteiger partial charge >= 0.3 is 5.97 Å². The van der Waals surface area contributed by atoms with Gasteiger partial charge < -0.3 is 4.74 Å². The highest BCUT2D eigenvalue weighted by Crippen LogP contribution is 2.24. The number of alkyl halides is 2. The first-order chi connectivity index (χ1) is 8.54. The van der Waals surface area contributed by atoms with Crippen molar-refractivity contribution >= 4 is 11.6 Å². The van der Waals surface area contributed by atoms with Gasteiger partial charge in [0.25, 0.3) is 6.43 Å². The molecule has 4 nitrogen and oxygen atoms in total. The van der Waals surface area contributed by atoms with Gasteiger partial charge in [-0.25, -0.2) is 18.6 Å². The standard InChI is InChI=1S/C12H12F2N2O2/c1-3-18-12(17)10-9(11(13)14)15-8-5-4-7(2)6-16(8)10/h4-6,11H,3H2,1-2H3. The maximum Gasteiger partial charge on any atom is 0.357 e. The number of hydrogen-bond donors (Lipinski definition) is 0. The molecule has 0 radical (unpaired) electrons. The average molecular weight is 254 g/mol. The van der Waals surface area contributed by atoms with Crippen molar-refractivity contribution in [1.29, 1.82) is 0 Å². The van der Waals surface area contributed by atoms with Crippen molar-refractivity contribution in [3.63, 3.8) is 0 Å². The van der Waals surface area contributed by atoms with E-state index < -0.39 is 18.1 Å². The molecule has 0 aromatic carbocycles. The van der Waals surface area contributed by atoms with Crippen LogP contribution in [0.2, 0.25) is 0 Å². The van der Waals surface area contributed by atoms with Crippen molar-refractivity contribution in [2.75, 3.05) is 6.61 Å². The van der Waals surface area contributed by atoms with Crippen LogP contribution in [0.4, 0.5) is 8.78 Å². The second-order valence-electron chi connectivity index (χ2n) is 3.80. The van der Waals surface area contributed by atoms with Crippen LogP contribution in [0.1, 0.15) is 35.1 Å². The fourth-order valence-electron chi connectivity index (χ4n) is 1.72. The summed E-state index contributed by atoms with van der Waals surface area (Å²) < 4.78 is 31.9. The van der Waals surface area contributed by atoms with Crippen LogP contribution in [0.25, 0.3) is 5.65 Å². The number of ether oxygens (including phenoxy) is 1. The Labute approximate surface area is 102 Å². The topological polar surface area (TPSA) is 43.6 Å². The monoisotopic (exact) mass is 254 g/mol. The summed E-state index contributed by atoms with van der Waals surface area (Å²) in [5, 5.41) is 0. The van der Waals surface area contributed by atoms with E-state index in [9.17, 15) is 13.6 Å². The number of halogens is 2. The molecule has 0 amide bonds. The van der Waals surface area contributed by atoms with Crippen molar-refractivity contribution in [3.05, 3.63) is 35.3 Å². The molecule has 0 spiro atoms. The molecule has 2 rings (SSSR count). The minimum absolute atomic E-state index is 0.126. The first-order valence-corrected chi connectivity index (χ1v) is 5.48. The number of nitrogens with zero attached hydrogens (tertiary/aromatic N) is 2. The molecule has 0 aliphatic heterocycles. The van der Waals surface area contributed by atoms with Crippen LogP contribution >= 0.6 is 0 Å². The van der Waals surface area contributed by atoms with E-state index in [4.69, 9.17) is 4.74 Å². The number of carbonyl (C=O) groups is 1. The number of imidazole rings is 1. The van der Waals surface area contributed by atoms with Gasteiger partial charge in [-0.05, 0) is 25.5 Å². The Balaban J connectivity index is 2.68. The van der Waals surface area contributed by atoms with Gasteiger partial charge in [0, 0.05) is 6.20 Å². The Morgan fingerprint density at radius 3 is 2.83 bits per heavy atom. The van der Waals surface area contributed by atoms with Gasteiger partial charge in [0.1, 0.15) is 11.3 Å². The molecule has 2 heterocycles. The molecule has 18 heavy (non-hydrogen) atoms. The summed E-state index contributed by atoms with van der Waals surface area (Å²) in [7, 11) is 0. The van der Waals surface area contributed by atoms with E-state index in [1.165, 1.54) is 4.40 Å². The lowest BCUT2D eigenvalue weighted by Gasteiger charge is -2.04. The predicted molar refractivity (Wildman–Crippen MR) is 60.8 cm³/mol. The van der Waals surface area contributed by atoms with Gasteiger partial charge in [0.05, 0.1) is 6.61 Å². The van der Waals surface area contributed by atoms with E-state index >= 15 is 0 Å². The highest BCUT2D eigenvalue weighted by atomic mass is 19.3. The molecule has 2 aromatic heterocycles. The Hall–Kier alpha value is -1.98. The van der Waals surface area contributed by atoms with Crippen molar-refractivity contribution in [2.45, 2.75) is 20.3 Å². The number of rotatable bonds is 3. The zero-order valence-corrected chi connectivity index (χ0v) is 9.98. The average Bonchev–Trinajstić information content (AvgIpc) is 2.67. The highest BCUT2D eigenvalue weighted by molar-refractivity contribution is 5.90. The SMILES string of the molecule is CCOC(=O)c1c(C(F)F)nc2ccc(C)cn12. The quantitative estimate of drug-likeness (QED) is 0.791. The third-order valence-electron chi connectivity index (χ3n) is 2.47. The highest BCUT2D eigenvalue weighted by Gasteiger charge is 2.26. The Morgan fingerprint density at radius 2 is 2.22 bits per heavy atom. The molecule has 0 bridgehead atoms. The van der Waals surface area contributed by atoms with Crippen LogP contribution in [0.5, 0.6) is 0 Å². The van der Waals surface area contributed by atoms with Crippen molar-refractivity contribution in [2.24, 2.45) is 0 Å². The van der Waals surface area contributed by atoms with E-state index in [-0.39, 0.29) is 12.3 Å². The molecule has 0 aliphatic carbocycles. The van der Waals surface area contributed by atoms with Gasteiger partial charge in [-0.3, -0.25) is 4.40 Å². The second-order valence-corrected chi connectivity index (χ2v) is 3.80. The van der Waals surface area contributed by atoms with E-state index in [0.29, 0.717) is 5.65 Å². The maximum absolute atomic E-state index is 12.9. The van der Waals surface area contributed by atoms with E-state index in [1.54, 1.807) is 32.2 Å². The number of hydrogen-bond acceptors (Lipinski definition) is 3. The molecular weight excluding hydrogens is 242 g/mol. The second kappa shape index (κ2) is 4.72. The van der Waals surface area contributed by atoms with Gasteiger partial charge in [0.15, 0.2) is 5.69 Å². The molecule has 6 heteroatoms. The fourth-order valence-corrected chi connectivity index (χ4v) is 1.72. The number of aryl methyl sites for hydroxylation is 1. The number of pyridine rings is 1. The zero-order chi connectivity index (χ0) is 13.3. The summed E-state index contributed by atoms with van der Waals surface area (Å²) in [6, 6.07) is 3.33. The van der Waals surface area contributed by atoms with E-state index in [1.807, 2.05) is 0 Å². The van der Waals surface area contributed by atoms with Crippen molar-refractivity contribution in [1.82, 2.24) is 9.38 Å². The summed E-state index contributed by atoms with van der Waals surface area (Å²) >= 11 is 0. The molecule has 0 saturated carbocycles. The van der Waals surface area contributed by atoms with Gasteiger partial charge in [-0.2, -0.15) is 0 Å². The third-order valence-corrected chi connectivity index (χ3v) is 2.47. The van der Waals surface area contributed by atoms with Crippen LogP contribution in [-0.2, 0) is 4.74 Å². The molecule has 0 saturated heterocycles. The summed E-state index contributed by atoms with van der Waals surface area (Å²) in [6.45, 7) is 3.55. The summed E-state index contributed by atoms with van der Waals surface area (Å²) in [5.74, 6) is -0.786. The molecule has 96 valence electrons. The Kier molecular flexibility index (Phi) is 3.27. The van der Waals surface area contributed by atoms with Crippen molar-refractivity contribution in [3.8, 4) is 0 Å². The first-order valence-electron chi connectivity index (χ1n) is 5.48. The molecule has 0 aliphatic rings. The van der Waals surface area contributed by atoms with Crippen LogP contribution in [-0.4, -0.2) is 22.0 Å². The van der Waals surface area contributed by atoms with Gasteiger partial charge in [-0.1, -0.05) is 6.07 Å². The molecule has 0 fully saturated rings. The zero-order valence-electron chi connectivity index (χ0n) is 9.98. The Bertz CT molecular complexity index is 593. The third kappa shape index (κ3) is 2.05. The van der Waals surface area contributed by atoms with E-state index in [0.717, 1.165) is 5.56 Å². The van der Waals surface area contributed by atoms with Gasteiger partial charge in [-0.15, -0.1) is 0 Å². The smallest absolute Gasteiger partial charge is 0.357 e. The first kappa shape index (κ1) is 12.5. The van der Waals surface area contributed by atoms with Crippen LogP contribution in [0.3, 0.4) is 0 Å². The number of esters is 1. The molecular formula is C12H12F2N2O2. The lowest BCUT2D eigenvalue weighted by atomic mass is 10.3. The lowest BCUT2D eigenvalue weighted by Crippen LogP contribution is -2.11. The fraction of sp³-hybridized carbons (Fsp3) is 0.333. The summed E-state index contributed by atoms with van der Waals surface area (Å²) in [4.78, 5) is 15.5. The molecule has 0 atom stereocenters. The number of aromatic nitrogens is 2. The van der Waals surface area contributed by atoms with Crippen molar-refractivity contribution < 1.29 is 18.3 Å². The van der Waals surface area contributed by atoms with Crippen LogP contribution in [0.15, 0.2) is 18.3 Å². The minimum Gasteiger partial charge on any atom is -0.461 e. The largest absolute Gasteiger partial charge is 0.461 e. The van der Waals surface area contributed by atoms with E-state index in [2.05, 4.69) is 4.98 Å². The predicted octanol–water partition coefficient (Wildman–Crippen LogP) is 2.76. The summed E-state index contributed by atoms with van der Waals surface area (Å²) in [5.41, 5.74) is 0.398. The number of carbonyl (C=O) groups excluding carboxylic acids is 1. The molecule has 0 N–H and O–H groups in total.